The molecule has 2 aliphatic carbocycles. The summed E-state index contributed by atoms with van der Waals surface area (Å²) in [5, 5.41) is 15.2. The van der Waals surface area contributed by atoms with Crippen molar-refractivity contribution in [3.63, 3.8) is 0 Å². The van der Waals surface area contributed by atoms with Gasteiger partial charge in [0.15, 0.2) is 0 Å². The van der Waals surface area contributed by atoms with Gasteiger partial charge in [-0.05, 0) is 45.0 Å². The van der Waals surface area contributed by atoms with Crippen LogP contribution in [0.1, 0.15) is 56.4 Å². The fourth-order valence-electron chi connectivity index (χ4n) is 5.43. The average molecular weight is 495 g/mol. The van der Waals surface area contributed by atoms with Crippen LogP contribution in [0.2, 0.25) is 0 Å². The molecule has 0 amide bonds. The van der Waals surface area contributed by atoms with Crippen LogP contribution in [-0.2, 0) is 11.2 Å². The van der Waals surface area contributed by atoms with Gasteiger partial charge in [0.05, 0.1) is 24.3 Å². The number of rotatable bonds is 5. The van der Waals surface area contributed by atoms with Gasteiger partial charge in [-0.3, -0.25) is 0 Å². The van der Waals surface area contributed by atoms with Crippen molar-refractivity contribution in [3.8, 4) is 23.3 Å². The summed E-state index contributed by atoms with van der Waals surface area (Å²) in [6, 6.07) is 36.8. The lowest BCUT2D eigenvalue weighted by molar-refractivity contribution is 0.0509. The highest BCUT2D eigenvalue weighted by Gasteiger charge is 2.36. The quantitative estimate of drug-likeness (QED) is 0.270. The Labute approximate surface area is 223 Å². The molecule has 0 aromatic heterocycles. The van der Waals surface area contributed by atoms with Crippen LogP contribution in [0, 0.1) is 22.7 Å². The minimum absolute atomic E-state index is 0. The van der Waals surface area contributed by atoms with Crippen LogP contribution < -0.4 is 0 Å². The smallest absolute Gasteiger partial charge is 0.338 e. The van der Waals surface area contributed by atoms with Crippen LogP contribution in [0.4, 0.5) is 0 Å². The second kappa shape index (κ2) is 11.4. The van der Waals surface area contributed by atoms with Gasteiger partial charge in [-0.25, -0.2) is 4.79 Å². The third-order valence-electron chi connectivity index (χ3n) is 7.05. The van der Waals surface area contributed by atoms with Crippen molar-refractivity contribution in [2.75, 3.05) is 6.61 Å². The summed E-state index contributed by atoms with van der Waals surface area (Å²) in [6.45, 7) is 0.378. The molecule has 4 aromatic carbocycles. The Morgan fingerprint density at radius 1 is 0.737 bits per heavy atom. The molecule has 4 heteroatoms. The van der Waals surface area contributed by atoms with E-state index in [1.807, 2.05) is 30.3 Å². The number of nitrogens with zero attached hydrogens (tertiary/aromatic N) is 2. The van der Waals surface area contributed by atoms with Crippen molar-refractivity contribution in [3.05, 3.63) is 137 Å². The molecule has 1 unspecified atom stereocenters. The van der Waals surface area contributed by atoms with E-state index in [0.29, 0.717) is 12.2 Å². The molecule has 0 bridgehead atoms. The van der Waals surface area contributed by atoms with Crippen LogP contribution >= 0.6 is 0 Å². The molecule has 0 spiro atoms. The van der Waals surface area contributed by atoms with E-state index < -0.39 is 0 Å². The molecule has 184 valence electrons. The number of hydrogen-bond donors (Lipinski definition) is 0. The Kier molecular flexibility index (Phi) is 7.44. The molecular formula is C34H26N2O2. The van der Waals surface area contributed by atoms with Crippen molar-refractivity contribution in [2.45, 2.75) is 24.7 Å². The zero-order valence-electron chi connectivity index (χ0n) is 20.9. The lowest BCUT2D eigenvalue weighted by atomic mass is 9.81. The number of ether oxygens (including phenoxy) is 1. The van der Waals surface area contributed by atoms with Crippen LogP contribution in [0.3, 0.4) is 0 Å². The second-order valence-corrected chi connectivity index (χ2v) is 9.21. The van der Waals surface area contributed by atoms with E-state index in [2.05, 4.69) is 78.9 Å². The highest BCUT2D eigenvalue weighted by atomic mass is 16.5. The molecule has 0 aliphatic heterocycles. The van der Waals surface area contributed by atoms with E-state index >= 15 is 0 Å². The van der Waals surface area contributed by atoms with Gasteiger partial charge >= 0.3 is 5.97 Å². The Bertz CT molecular complexity index is 1520. The Morgan fingerprint density at radius 3 is 1.97 bits per heavy atom. The van der Waals surface area contributed by atoms with Crippen molar-refractivity contribution in [2.24, 2.45) is 0 Å². The molecule has 0 radical (unpaired) electrons. The normalized spacial score (nSPS) is 14.2. The maximum absolute atomic E-state index is 13.0. The number of carbonyl (C=O) groups is 1. The van der Waals surface area contributed by atoms with E-state index in [1.54, 1.807) is 12.1 Å². The molecule has 0 saturated heterocycles. The van der Waals surface area contributed by atoms with Crippen LogP contribution in [-0.4, -0.2) is 12.6 Å². The van der Waals surface area contributed by atoms with Crippen LogP contribution in [0.5, 0.6) is 0 Å². The number of carbonyl (C=O) groups excluding carboxylic acids is 1. The molecule has 2 aliphatic rings. The van der Waals surface area contributed by atoms with Gasteiger partial charge in [0, 0.05) is 18.3 Å². The summed E-state index contributed by atoms with van der Waals surface area (Å²) in [5.74, 6) is 0.196. The van der Waals surface area contributed by atoms with Gasteiger partial charge in [0.1, 0.15) is 6.42 Å². The molecule has 0 fully saturated rings. The molecule has 0 N–H and O–H groups in total. The lowest BCUT2D eigenvalue weighted by Crippen LogP contribution is -2.12. The summed E-state index contributed by atoms with van der Waals surface area (Å²) in [7, 11) is 0. The zero-order chi connectivity index (χ0) is 26.3. The monoisotopic (exact) mass is 494 g/mol. The third-order valence-corrected chi connectivity index (χ3v) is 7.05. The molecule has 0 saturated carbocycles. The van der Waals surface area contributed by atoms with Gasteiger partial charge in [-0.2, -0.15) is 10.5 Å². The first kappa shape index (κ1) is 24.8. The van der Waals surface area contributed by atoms with Crippen LogP contribution in [0.15, 0.2) is 103 Å². The molecule has 38 heavy (non-hydrogen) atoms. The van der Waals surface area contributed by atoms with Gasteiger partial charge in [0.25, 0.3) is 0 Å². The van der Waals surface area contributed by atoms with E-state index in [-0.39, 0.29) is 24.2 Å². The van der Waals surface area contributed by atoms with E-state index in [4.69, 9.17) is 15.3 Å². The number of esters is 1. The topological polar surface area (TPSA) is 73.9 Å². The summed E-state index contributed by atoms with van der Waals surface area (Å²) in [4.78, 5) is 13.0. The summed E-state index contributed by atoms with van der Waals surface area (Å²) in [6.07, 6.45) is 5.09. The molecule has 6 rings (SSSR count). The highest BCUT2D eigenvalue weighted by Crippen LogP contribution is 2.53. The number of nitriles is 2. The predicted octanol–water partition coefficient (Wildman–Crippen LogP) is 7.43. The van der Waals surface area contributed by atoms with Gasteiger partial charge < -0.3 is 4.74 Å². The molecular weight excluding hydrogens is 468 g/mol. The summed E-state index contributed by atoms with van der Waals surface area (Å²) < 4.78 is 5.66. The van der Waals surface area contributed by atoms with E-state index in [0.717, 1.165) is 12.0 Å². The lowest BCUT2D eigenvalue weighted by Gasteiger charge is -2.22. The molecule has 4 aromatic rings. The van der Waals surface area contributed by atoms with Gasteiger partial charge in [-0.1, -0.05) is 103 Å². The minimum atomic E-state index is -0.250. The van der Waals surface area contributed by atoms with Crippen molar-refractivity contribution < 1.29 is 9.53 Å². The fourth-order valence-corrected chi connectivity index (χ4v) is 5.43. The largest absolute Gasteiger partial charge is 0.462 e. The number of fused-ring (bicyclic) bond motifs is 4. The summed E-state index contributed by atoms with van der Waals surface area (Å²) >= 11 is 0. The van der Waals surface area contributed by atoms with E-state index in [9.17, 15) is 4.79 Å². The molecule has 0 heterocycles. The number of allylic oxidation sites excluding steroid dienone is 1. The fraction of sp³-hybridized carbons (Fsp3) is 0.147. The average Bonchev–Trinajstić information content (AvgIpc) is 3.53. The van der Waals surface area contributed by atoms with Crippen LogP contribution in [0.25, 0.3) is 17.2 Å². The maximum Gasteiger partial charge on any atom is 0.338 e. The van der Waals surface area contributed by atoms with Crippen molar-refractivity contribution in [1.29, 1.82) is 10.5 Å². The Hall–Kier alpha value is -4.93. The number of benzene rings is 4. The van der Waals surface area contributed by atoms with Gasteiger partial charge in [0.2, 0.25) is 0 Å². The Balaban J connectivity index is 0.000000540. The zero-order valence-corrected chi connectivity index (χ0v) is 20.9. The maximum atomic E-state index is 13.0. The second-order valence-electron chi connectivity index (χ2n) is 9.21. The molecule has 1 atom stereocenters. The first-order valence-electron chi connectivity index (χ1n) is 12.7. The SMILES string of the molecule is N#CCC#N.O=C(OCCc1ccccc1)c1cccc2c1C=CC2C1c2ccccc2-c2ccccc21. The standard InChI is InChI=1S/C31H24O2.C3H2N2/c32-31(33-20-19-21-9-2-1-3-10-21)29-16-8-15-24-25(29)17-18-28(24)30-26-13-6-4-11-22(26)23-12-5-7-14-27(23)30;4-2-1-3-5/h1-18,28,30H,19-20H2;1H2. The third kappa shape index (κ3) is 4.85. The first-order chi connectivity index (χ1) is 18.7. The number of hydrogen-bond acceptors (Lipinski definition) is 4. The van der Waals surface area contributed by atoms with Crippen molar-refractivity contribution >= 4 is 12.0 Å². The minimum Gasteiger partial charge on any atom is -0.462 e. The highest BCUT2D eigenvalue weighted by molar-refractivity contribution is 5.95. The van der Waals surface area contributed by atoms with E-state index in [1.165, 1.54) is 33.4 Å². The molecule has 4 nitrogen and oxygen atoms in total. The van der Waals surface area contributed by atoms with Gasteiger partial charge in [-0.15, -0.1) is 0 Å². The first-order valence-corrected chi connectivity index (χ1v) is 12.7. The predicted molar refractivity (Wildman–Crippen MR) is 148 cm³/mol. The Morgan fingerprint density at radius 2 is 1.34 bits per heavy atom. The summed E-state index contributed by atoms with van der Waals surface area (Å²) in [5.41, 5.74) is 9.36. The van der Waals surface area contributed by atoms with Crippen molar-refractivity contribution in [1.82, 2.24) is 0 Å².